The molecule has 2 rings (SSSR count). The Morgan fingerprint density at radius 3 is 2.67 bits per heavy atom. The maximum Gasteiger partial charge on any atom is 0.303 e. The second kappa shape index (κ2) is 12.1. The second-order valence-corrected chi connectivity index (χ2v) is 8.61. The molecule has 0 aromatic heterocycles. The van der Waals surface area contributed by atoms with Gasteiger partial charge in [0.15, 0.2) is 0 Å². The van der Waals surface area contributed by atoms with Crippen molar-refractivity contribution in [3.8, 4) is 12.3 Å². The van der Waals surface area contributed by atoms with E-state index in [1.165, 1.54) is 6.92 Å². The number of amides is 1. The number of aliphatic hydroxyl groups is 2. The van der Waals surface area contributed by atoms with Crippen LogP contribution in [0.25, 0.3) is 0 Å². The number of esters is 1. The molecule has 180 valence electrons. The summed E-state index contributed by atoms with van der Waals surface area (Å²) in [4.78, 5) is 23.8. The van der Waals surface area contributed by atoms with E-state index in [-0.39, 0.29) is 24.9 Å². The van der Waals surface area contributed by atoms with Gasteiger partial charge in [0.2, 0.25) is 5.91 Å². The summed E-state index contributed by atoms with van der Waals surface area (Å²) < 4.78 is 5.38. The van der Waals surface area contributed by atoms with E-state index >= 15 is 0 Å². The van der Waals surface area contributed by atoms with E-state index in [2.05, 4.69) is 29.2 Å². The lowest BCUT2D eigenvalue weighted by molar-refractivity contribution is -0.154. The highest BCUT2D eigenvalue weighted by Crippen LogP contribution is 2.55. The van der Waals surface area contributed by atoms with Gasteiger partial charge < -0.3 is 25.6 Å². The maximum absolute atomic E-state index is 12.1. The number of nitrogens with one attached hydrogen (secondary N) is 2. The lowest BCUT2D eigenvalue weighted by atomic mass is 9.61. The number of terminal acetylenes is 1. The minimum absolute atomic E-state index is 0.116. The molecule has 0 heterocycles. The Morgan fingerprint density at radius 1 is 1.36 bits per heavy atom. The third-order valence-corrected chi connectivity index (χ3v) is 6.56. The summed E-state index contributed by atoms with van der Waals surface area (Å²) in [6.07, 6.45) is 12.4. The van der Waals surface area contributed by atoms with E-state index in [1.807, 2.05) is 26.1 Å². The number of fused-ring (bicyclic) bond motifs is 1. The molecule has 2 aliphatic rings. The molecule has 33 heavy (non-hydrogen) atoms. The Morgan fingerprint density at radius 2 is 2.09 bits per heavy atom. The molecule has 4 N–H and O–H groups in total. The second-order valence-electron chi connectivity index (χ2n) is 8.17. The zero-order chi connectivity index (χ0) is 24.6. The van der Waals surface area contributed by atoms with Gasteiger partial charge in [-0.15, -0.1) is 6.42 Å². The zero-order valence-corrected chi connectivity index (χ0v) is 20.3. The largest absolute Gasteiger partial charge is 0.456 e. The van der Waals surface area contributed by atoms with Crippen LogP contribution >= 0.6 is 12.6 Å². The first kappa shape index (κ1) is 26.8. The van der Waals surface area contributed by atoms with Crippen LogP contribution in [0.3, 0.4) is 0 Å². The number of carbonyl (C=O) groups excluding carboxylic acids is 2. The predicted octanol–water partition coefficient (Wildman–Crippen LogP) is 1.65. The molecule has 2 aliphatic carbocycles. The van der Waals surface area contributed by atoms with Crippen LogP contribution < -0.4 is 10.6 Å². The van der Waals surface area contributed by atoms with Gasteiger partial charge in [-0.25, -0.2) is 0 Å². The minimum Gasteiger partial charge on any atom is -0.456 e. The predicted molar refractivity (Wildman–Crippen MR) is 131 cm³/mol. The molecule has 0 radical (unpaired) electrons. The fraction of sp³-hybridized carbons (Fsp3) is 0.520. The average molecular weight is 475 g/mol. The highest BCUT2D eigenvalue weighted by molar-refractivity contribution is 7.80. The number of hydrogen-bond donors (Lipinski definition) is 5. The Balaban J connectivity index is 2.50. The van der Waals surface area contributed by atoms with E-state index in [1.54, 1.807) is 12.2 Å². The first-order chi connectivity index (χ1) is 15.8. The maximum atomic E-state index is 12.1. The highest BCUT2D eigenvalue weighted by Gasteiger charge is 2.55. The fourth-order valence-electron chi connectivity index (χ4n) is 4.80. The summed E-state index contributed by atoms with van der Waals surface area (Å²) in [6, 6.07) is 0. The van der Waals surface area contributed by atoms with Crippen molar-refractivity contribution >= 4 is 24.5 Å². The van der Waals surface area contributed by atoms with Gasteiger partial charge in [-0.05, 0) is 37.0 Å². The molecule has 0 saturated carbocycles. The van der Waals surface area contributed by atoms with E-state index in [0.29, 0.717) is 30.7 Å². The van der Waals surface area contributed by atoms with E-state index in [0.717, 1.165) is 16.8 Å². The summed E-state index contributed by atoms with van der Waals surface area (Å²) in [7, 11) is 1.81. The molecule has 8 heteroatoms. The van der Waals surface area contributed by atoms with Crippen LogP contribution in [-0.4, -0.2) is 60.2 Å². The highest BCUT2D eigenvalue weighted by atomic mass is 32.1. The number of carbonyl (C=O) groups is 2. The SMILES string of the molecule is C#C/C(=C(C)\C(=C/CO)CCC(=O)NCCS)[C@]12CC=C(NC)C1C=C[C@H](OC(C)=O)[C@@H]2O. The van der Waals surface area contributed by atoms with Crippen molar-refractivity contribution in [3.05, 3.63) is 46.7 Å². The van der Waals surface area contributed by atoms with Crippen molar-refractivity contribution in [2.24, 2.45) is 11.3 Å². The molecule has 1 amide bonds. The summed E-state index contributed by atoms with van der Waals surface area (Å²) >= 11 is 4.09. The van der Waals surface area contributed by atoms with Crippen molar-refractivity contribution in [1.82, 2.24) is 10.6 Å². The number of ether oxygens (including phenoxy) is 1. The molecule has 0 bridgehead atoms. The molecule has 7 nitrogen and oxygen atoms in total. The summed E-state index contributed by atoms with van der Waals surface area (Å²) in [5.41, 5.74) is 2.03. The summed E-state index contributed by atoms with van der Waals surface area (Å²) in [5.74, 6) is 2.50. The number of allylic oxidation sites excluding steroid dienone is 4. The van der Waals surface area contributed by atoms with Crippen LogP contribution in [0.5, 0.6) is 0 Å². The lowest BCUT2D eigenvalue weighted by Crippen LogP contribution is -2.51. The van der Waals surface area contributed by atoms with E-state index in [4.69, 9.17) is 11.2 Å². The molecular formula is C25H34N2O5S. The van der Waals surface area contributed by atoms with Gasteiger partial charge in [-0.1, -0.05) is 24.1 Å². The number of aliphatic hydroxyl groups excluding tert-OH is 2. The van der Waals surface area contributed by atoms with Gasteiger partial charge in [0.05, 0.1) is 6.61 Å². The Bertz CT molecular complexity index is 914. The quantitative estimate of drug-likeness (QED) is 0.108. The first-order valence-electron chi connectivity index (χ1n) is 11.0. The molecule has 0 aromatic carbocycles. The molecule has 0 spiro atoms. The smallest absolute Gasteiger partial charge is 0.303 e. The van der Waals surface area contributed by atoms with Crippen LogP contribution in [0.1, 0.15) is 33.1 Å². The topological polar surface area (TPSA) is 108 Å². The van der Waals surface area contributed by atoms with Gasteiger partial charge >= 0.3 is 5.97 Å². The minimum atomic E-state index is -1.08. The third-order valence-electron chi connectivity index (χ3n) is 6.33. The Kier molecular flexibility index (Phi) is 9.84. The standard InChI is InChI=1S/C25H34N2O5S/c1-5-19(16(2)18(11-14-28)6-9-23(30)27-13-15-33)25-12-10-21(26-4)20(25)7-8-22(24(25)31)32-17(3)29/h1,7-8,10-11,20,22,24,26,28,31,33H,6,9,12-15H2,2-4H3,(H,27,30)/b18-11-,19-16+/t20?,22-,24-,25+/m0/s1. The van der Waals surface area contributed by atoms with Crippen LogP contribution in [0, 0.1) is 23.7 Å². The normalized spacial score (nSPS) is 27.1. The van der Waals surface area contributed by atoms with Gasteiger partial charge in [0.25, 0.3) is 0 Å². The molecule has 0 aromatic rings. The zero-order valence-electron chi connectivity index (χ0n) is 19.4. The van der Waals surface area contributed by atoms with Gasteiger partial charge in [0.1, 0.15) is 12.2 Å². The van der Waals surface area contributed by atoms with Crippen molar-refractivity contribution in [2.45, 2.75) is 45.3 Å². The van der Waals surface area contributed by atoms with Crippen molar-refractivity contribution in [1.29, 1.82) is 0 Å². The monoisotopic (exact) mass is 474 g/mol. The third kappa shape index (κ3) is 5.72. The molecular weight excluding hydrogens is 440 g/mol. The molecule has 1 unspecified atom stereocenters. The van der Waals surface area contributed by atoms with Gasteiger partial charge in [0, 0.05) is 55.3 Å². The van der Waals surface area contributed by atoms with Crippen molar-refractivity contribution < 1.29 is 24.5 Å². The average Bonchev–Trinajstić information content (AvgIpc) is 3.17. The Hall–Kier alpha value is -2.47. The van der Waals surface area contributed by atoms with Gasteiger partial charge in [-0.2, -0.15) is 12.6 Å². The fourth-order valence-corrected chi connectivity index (χ4v) is 4.92. The Labute approximate surface area is 201 Å². The van der Waals surface area contributed by atoms with E-state index < -0.39 is 23.6 Å². The van der Waals surface area contributed by atoms with Crippen molar-refractivity contribution in [2.75, 3.05) is 26.0 Å². The van der Waals surface area contributed by atoms with Crippen LogP contribution in [0.2, 0.25) is 0 Å². The molecule has 0 fully saturated rings. The van der Waals surface area contributed by atoms with Crippen LogP contribution in [-0.2, 0) is 14.3 Å². The van der Waals surface area contributed by atoms with Crippen LogP contribution in [0.4, 0.5) is 0 Å². The summed E-state index contributed by atoms with van der Waals surface area (Å²) in [6.45, 7) is 3.41. The van der Waals surface area contributed by atoms with E-state index in [9.17, 15) is 19.8 Å². The number of rotatable bonds is 10. The first-order valence-corrected chi connectivity index (χ1v) is 11.7. The number of hydrogen-bond acceptors (Lipinski definition) is 7. The van der Waals surface area contributed by atoms with Gasteiger partial charge in [-0.3, -0.25) is 9.59 Å². The van der Waals surface area contributed by atoms with Crippen LogP contribution in [0.15, 0.2) is 46.7 Å². The summed E-state index contributed by atoms with van der Waals surface area (Å²) in [5, 5.41) is 27.0. The number of thiol groups is 1. The molecule has 0 aliphatic heterocycles. The molecule has 0 saturated heterocycles. The molecule has 4 atom stereocenters. The lowest BCUT2D eigenvalue weighted by Gasteiger charge is -2.45. The van der Waals surface area contributed by atoms with Crippen molar-refractivity contribution in [3.63, 3.8) is 0 Å².